The minimum absolute atomic E-state index is 0.0551. The number of nitrogens with zero attached hydrogens (tertiary/aromatic N) is 3. The molecular weight excluding hydrogens is 252 g/mol. The van der Waals surface area contributed by atoms with E-state index in [1.54, 1.807) is 28.9 Å². The summed E-state index contributed by atoms with van der Waals surface area (Å²) in [4.78, 5) is 14.4. The highest BCUT2D eigenvalue weighted by Gasteiger charge is 2.22. The lowest BCUT2D eigenvalue weighted by Crippen LogP contribution is -2.38. The van der Waals surface area contributed by atoms with Crippen LogP contribution in [0.3, 0.4) is 0 Å². The predicted molar refractivity (Wildman–Crippen MR) is 79.5 cm³/mol. The van der Waals surface area contributed by atoms with Gasteiger partial charge >= 0.3 is 0 Å². The first-order valence-electron chi connectivity index (χ1n) is 6.65. The summed E-state index contributed by atoms with van der Waals surface area (Å²) in [7, 11) is 1.77. The van der Waals surface area contributed by atoms with Gasteiger partial charge < -0.3 is 10.6 Å². The Kier molecular flexibility index (Phi) is 4.20. The van der Waals surface area contributed by atoms with Gasteiger partial charge in [0.2, 0.25) is 0 Å². The van der Waals surface area contributed by atoms with E-state index >= 15 is 0 Å². The average Bonchev–Trinajstić information content (AvgIpc) is 2.85. The zero-order valence-electron chi connectivity index (χ0n) is 12.1. The molecule has 5 heteroatoms. The molecule has 0 aliphatic rings. The molecule has 106 valence electrons. The molecule has 1 heterocycles. The molecule has 2 N–H and O–H groups in total. The Labute approximate surface area is 119 Å². The summed E-state index contributed by atoms with van der Waals surface area (Å²) in [5, 5.41) is 4.05. The summed E-state index contributed by atoms with van der Waals surface area (Å²) in [6.45, 7) is 4.48. The van der Waals surface area contributed by atoms with Gasteiger partial charge in [-0.05, 0) is 37.6 Å². The molecule has 20 heavy (non-hydrogen) atoms. The molecule has 0 aliphatic carbocycles. The summed E-state index contributed by atoms with van der Waals surface area (Å²) in [5.41, 5.74) is 8.08. The normalized spacial score (nSPS) is 10.8. The molecule has 0 saturated heterocycles. The fraction of sp³-hybridized carbons (Fsp3) is 0.333. The summed E-state index contributed by atoms with van der Waals surface area (Å²) in [5.74, 6) is -0.0551. The van der Waals surface area contributed by atoms with Gasteiger partial charge in [-0.25, -0.2) is 0 Å². The van der Waals surface area contributed by atoms with Crippen LogP contribution in [0.2, 0.25) is 0 Å². The maximum absolute atomic E-state index is 12.7. The van der Waals surface area contributed by atoms with E-state index in [0.717, 1.165) is 11.3 Å². The summed E-state index contributed by atoms with van der Waals surface area (Å²) >= 11 is 0. The Bertz CT molecular complexity index is 586. The highest BCUT2D eigenvalue weighted by Crippen LogP contribution is 2.20. The molecule has 2 aromatic rings. The van der Waals surface area contributed by atoms with Crippen molar-refractivity contribution in [2.24, 2.45) is 12.8 Å². The van der Waals surface area contributed by atoms with Gasteiger partial charge in [0.25, 0.3) is 5.91 Å². The van der Waals surface area contributed by atoms with E-state index in [-0.39, 0.29) is 11.9 Å². The first-order chi connectivity index (χ1) is 9.54. The third-order valence-electron chi connectivity index (χ3n) is 3.23. The molecule has 0 fully saturated rings. The minimum atomic E-state index is -0.0551. The molecule has 1 aromatic carbocycles. The largest absolute Gasteiger partial charge is 0.326 e. The molecule has 0 unspecified atom stereocenters. The molecule has 1 aromatic heterocycles. The number of aryl methyl sites for hydroxylation is 1. The highest BCUT2D eigenvalue weighted by molar-refractivity contribution is 6.05. The van der Waals surface area contributed by atoms with E-state index in [2.05, 4.69) is 5.10 Å². The van der Waals surface area contributed by atoms with Gasteiger partial charge in [0.15, 0.2) is 0 Å². The van der Waals surface area contributed by atoms with Crippen molar-refractivity contribution in [1.82, 2.24) is 9.78 Å². The second kappa shape index (κ2) is 5.88. The van der Waals surface area contributed by atoms with E-state index in [1.165, 1.54) is 0 Å². The number of hydrogen-bond acceptors (Lipinski definition) is 3. The number of benzene rings is 1. The second-order valence-corrected chi connectivity index (χ2v) is 4.98. The van der Waals surface area contributed by atoms with Gasteiger partial charge in [-0.1, -0.05) is 12.1 Å². The van der Waals surface area contributed by atoms with Crippen molar-refractivity contribution >= 4 is 11.6 Å². The van der Waals surface area contributed by atoms with Crippen LogP contribution in [0.15, 0.2) is 36.5 Å². The van der Waals surface area contributed by atoms with Crippen LogP contribution in [-0.2, 0) is 13.6 Å². The van der Waals surface area contributed by atoms with Gasteiger partial charge in [-0.2, -0.15) is 5.10 Å². The first kappa shape index (κ1) is 14.3. The van der Waals surface area contributed by atoms with Crippen LogP contribution in [0.25, 0.3) is 0 Å². The maximum Gasteiger partial charge on any atom is 0.276 e. The van der Waals surface area contributed by atoms with Crippen molar-refractivity contribution in [3.63, 3.8) is 0 Å². The van der Waals surface area contributed by atoms with Crippen LogP contribution in [0.4, 0.5) is 5.69 Å². The van der Waals surface area contributed by atoms with Crippen molar-refractivity contribution < 1.29 is 4.79 Å². The monoisotopic (exact) mass is 272 g/mol. The van der Waals surface area contributed by atoms with E-state index < -0.39 is 0 Å². The van der Waals surface area contributed by atoms with Crippen LogP contribution in [0.5, 0.6) is 0 Å². The van der Waals surface area contributed by atoms with E-state index in [4.69, 9.17) is 5.73 Å². The van der Waals surface area contributed by atoms with Crippen molar-refractivity contribution in [3.8, 4) is 0 Å². The number of nitrogens with two attached hydrogens (primary N) is 1. The van der Waals surface area contributed by atoms with Gasteiger partial charge in [-0.15, -0.1) is 0 Å². The van der Waals surface area contributed by atoms with Crippen molar-refractivity contribution in [2.45, 2.75) is 26.4 Å². The molecule has 5 nitrogen and oxygen atoms in total. The summed E-state index contributed by atoms with van der Waals surface area (Å²) in [6.07, 6.45) is 1.63. The van der Waals surface area contributed by atoms with Crippen LogP contribution >= 0.6 is 0 Å². The first-order valence-corrected chi connectivity index (χ1v) is 6.65. The van der Waals surface area contributed by atoms with Gasteiger partial charge in [0.1, 0.15) is 5.69 Å². The Balaban J connectivity index is 2.36. The number of amides is 1. The molecular formula is C15H20N4O. The molecule has 0 atom stereocenters. The van der Waals surface area contributed by atoms with E-state index in [1.807, 2.05) is 38.1 Å². The van der Waals surface area contributed by atoms with Gasteiger partial charge in [0.05, 0.1) is 0 Å². The zero-order valence-corrected chi connectivity index (χ0v) is 12.1. The molecule has 2 rings (SSSR count). The Morgan fingerprint density at radius 3 is 2.40 bits per heavy atom. The molecule has 1 amide bonds. The molecule has 0 bridgehead atoms. The summed E-state index contributed by atoms with van der Waals surface area (Å²) in [6, 6.07) is 9.53. The van der Waals surface area contributed by atoms with Crippen LogP contribution in [0, 0.1) is 0 Å². The predicted octanol–water partition coefficient (Wildman–Crippen LogP) is 1.93. The zero-order chi connectivity index (χ0) is 14.7. The maximum atomic E-state index is 12.7. The smallest absolute Gasteiger partial charge is 0.276 e. The molecule has 0 spiro atoms. The number of aromatic nitrogens is 2. The third-order valence-corrected chi connectivity index (χ3v) is 3.23. The molecule has 0 aliphatic heterocycles. The summed E-state index contributed by atoms with van der Waals surface area (Å²) < 4.78 is 1.59. The van der Waals surface area contributed by atoms with E-state index in [9.17, 15) is 4.79 Å². The van der Waals surface area contributed by atoms with E-state index in [0.29, 0.717) is 12.2 Å². The number of hydrogen-bond donors (Lipinski definition) is 1. The Morgan fingerprint density at radius 1 is 1.30 bits per heavy atom. The van der Waals surface area contributed by atoms with Crippen LogP contribution in [0.1, 0.15) is 29.9 Å². The lowest BCUT2D eigenvalue weighted by Gasteiger charge is -2.27. The SMILES string of the molecule is CC(C)N(C(=O)c1ccnn1C)c1ccc(CN)cc1. The average molecular weight is 272 g/mol. The van der Waals surface area contributed by atoms with Crippen LogP contribution in [-0.4, -0.2) is 21.7 Å². The fourth-order valence-electron chi connectivity index (χ4n) is 2.15. The van der Waals surface area contributed by atoms with Gasteiger partial charge in [0, 0.05) is 31.5 Å². The Morgan fingerprint density at radius 2 is 1.95 bits per heavy atom. The quantitative estimate of drug-likeness (QED) is 0.925. The molecule has 0 saturated carbocycles. The van der Waals surface area contributed by atoms with Crippen LogP contribution < -0.4 is 10.6 Å². The number of carbonyl (C=O) groups is 1. The lowest BCUT2D eigenvalue weighted by atomic mass is 10.1. The van der Waals surface area contributed by atoms with Gasteiger partial charge in [-0.3, -0.25) is 9.48 Å². The number of anilines is 1. The standard InChI is InChI=1S/C15H20N4O/c1-11(2)19(13-6-4-12(10-16)5-7-13)15(20)14-8-9-17-18(14)3/h4-9,11H,10,16H2,1-3H3. The van der Waals surface area contributed by atoms with Crippen molar-refractivity contribution in [2.75, 3.05) is 4.90 Å². The number of rotatable bonds is 4. The highest BCUT2D eigenvalue weighted by atomic mass is 16.2. The lowest BCUT2D eigenvalue weighted by molar-refractivity contribution is 0.0971. The molecule has 0 radical (unpaired) electrons. The second-order valence-electron chi connectivity index (χ2n) is 4.98. The fourth-order valence-corrected chi connectivity index (χ4v) is 2.15. The number of carbonyl (C=O) groups excluding carboxylic acids is 1. The topological polar surface area (TPSA) is 64.2 Å². The minimum Gasteiger partial charge on any atom is -0.326 e. The third kappa shape index (κ3) is 2.72. The van der Waals surface area contributed by atoms with Crippen molar-refractivity contribution in [3.05, 3.63) is 47.8 Å². The van der Waals surface area contributed by atoms with Crippen molar-refractivity contribution in [1.29, 1.82) is 0 Å². The Hall–Kier alpha value is -2.14.